The molecule has 0 amide bonds. The van der Waals surface area contributed by atoms with Gasteiger partial charge in [-0.05, 0) is 55.4 Å². The van der Waals surface area contributed by atoms with Crippen molar-refractivity contribution in [3.63, 3.8) is 0 Å². The predicted molar refractivity (Wildman–Crippen MR) is 143 cm³/mol. The van der Waals surface area contributed by atoms with Crippen LogP contribution in [0.1, 0.15) is 48.4 Å². The van der Waals surface area contributed by atoms with E-state index in [9.17, 15) is 26.7 Å². The van der Waals surface area contributed by atoms with Crippen LogP contribution in [0, 0.1) is 5.82 Å². The number of aliphatic hydroxyl groups excluding tert-OH is 1. The van der Waals surface area contributed by atoms with Crippen molar-refractivity contribution in [2.45, 2.75) is 66.7 Å². The van der Waals surface area contributed by atoms with Gasteiger partial charge in [0.2, 0.25) is 0 Å². The average molecular weight is 614 g/mol. The van der Waals surface area contributed by atoms with Crippen molar-refractivity contribution < 1.29 is 35.8 Å². The zero-order valence-corrected chi connectivity index (χ0v) is 23.3. The third kappa shape index (κ3) is 6.82. The van der Waals surface area contributed by atoms with Crippen LogP contribution >= 0.6 is 11.6 Å². The van der Waals surface area contributed by atoms with Gasteiger partial charge in [0.1, 0.15) is 28.9 Å². The van der Waals surface area contributed by atoms with Crippen LogP contribution in [0.2, 0.25) is 5.02 Å². The predicted octanol–water partition coefficient (Wildman–Crippen LogP) is 5.41. The number of benzene rings is 2. The lowest BCUT2D eigenvalue weighted by Gasteiger charge is -2.41. The Labute approximate surface area is 240 Å². The molecule has 0 bridgehead atoms. The minimum absolute atomic E-state index is 0.0302. The Morgan fingerprint density at radius 2 is 1.93 bits per heavy atom. The molecule has 1 N–H and O–H groups in total. The summed E-state index contributed by atoms with van der Waals surface area (Å²) < 4.78 is 87.2. The Morgan fingerprint density at radius 1 is 1.12 bits per heavy atom. The molecule has 1 aliphatic carbocycles. The van der Waals surface area contributed by atoms with Crippen molar-refractivity contribution in [1.29, 1.82) is 0 Å². The van der Waals surface area contributed by atoms with Crippen LogP contribution < -0.4 is 4.74 Å². The van der Waals surface area contributed by atoms with Gasteiger partial charge < -0.3 is 9.84 Å². The van der Waals surface area contributed by atoms with Crippen LogP contribution in [0.25, 0.3) is 0 Å². The van der Waals surface area contributed by atoms with E-state index in [4.69, 9.17) is 16.3 Å². The monoisotopic (exact) mass is 613 g/mol. The third-order valence-corrected chi connectivity index (χ3v) is 9.64. The molecule has 1 saturated carbocycles. The summed E-state index contributed by atoms with van der Waals surface area (Å²) in [6, 6.07) is 8.40. The SMILES string of the molecule is O=S(=O)(Cc1ccncn1)c1cc(Cl)c(O[C@H]2CC[C@H](c3cccc(C(F)(F)F)c3)C[C@@H]2N2CCC(O)C2)cc1F. The fraction of sp³-hybridized carbons (Fsp3) is 0.429. The highest BCUT2D eigenvalue weighted by atomic mass is 35.5. The first-order valence-corrected chi connectivity index (χ1v) is 15.2. The minimum atomic E-state index is -4.45. The quantitative estimate of drug-likeness (QED) is 0.356. The largest absolute Gasteiger partial charge is 0.487 e. The van der Waals surface area contributed by atoms with Gasteiger partial charge in [-0.2, -0.15) is 13.2 Å². The summed E-state index contributed by atoms with van der Waals surface area (Å²) >= 11 is 6.40. The highest BCUT2D eigenvalue weighted by Gasteiger charge is 2.40. The molecule has 41 heavy (non-hydrogen) atoms. The fourth-order valence-corrected chi connectivity index (χ4v) is 7.30. The van der Waals surface area contributed by atoms with E-state index in [2.05, 4.69) is 9.97 Å². The third-order valence-electron chi connectivity index (χ3n) is 7.68. The normalized spacial score (nSPS) is 24.0. The maximum Gasteiger partial charge on any atom is 0.416 e. The van der Waals surface area contributed by atoms with Crippen molar-refractivity contribution in [3.05, 3.63) is 82.6 Å². The van der Waals surface area contributed by atoms with Gasteiger partial charge in [0, 0.05) is 31.4 Å². The number of ether oxygens (including phenoxy) is 1. The molecule has 13 heteroatoms. The minimum Gasteiger partial charge on any atom is -0.487 e. The second kappa shape index (κ2) is 11.8. The summed E-state index contributed by atoms with van der Waals surface area (Å²) in [5, 5.41) is 10.1. The lowest BCUT2D eigenvalue weighted by molar-refractivity contribution is -0.137. The summed E-state index contributed by atoms with van der Waals surface area (Å²) in [5.41, 5.74) is 0.0629. The van der Waals surface area contributed by atoms with Gasteiger partial charge in [0.15, 0.2) is 9.84 Å². The van der Waals surface area contributed by atoms with E-state index in [0.717, 1.165) is 18.2 Å². The van der Waals surface area contributed by atoms with Crippen LogP contribution in [-0.4, -0.2) is 59.7 Å². The Kier molecular flexibility index (Phi) is 8.56. The lowest BCUT2D eigenvalue weighted by atomic mass is 9.79. The summed E-state index contributed by atoms with van der Waals surface area (Å²) in [4.78, 5) is 9.08. The summed E-state index contributed by atoms with van der Waals surface area (Å²) in [6.07, 6.45) is -0.959. The van der Waals surface area contributed by atoms with E-state index >= 15 is 4.39 Å². The number of rotatable bonds is 7. The molecule has 1 saturated heterocycles. The standard InChI is InChI=1S/C28H28ClF4N3O4S/c29-22-12-27(41(38,39)15-20-6-8-34-16-35-20)23(30)13-26(22)40-25-5-4-18(11-24(25)36-9-7-21(37)14-36)17-2-1-3-19(10-17)28(31,32)33/h1-3,6,8,10,12-13,16,18,21,24-25,37H,4-5,7,9,11,14-15H2/t18-,21?,24-,25-/m0/s1. The van der Waals surface area contributed by atoms with Crippen molar-refractivity contribution in [1.82, 2.24) is 14.9 Å². The van der Waals surface area contributed by atoms with Crippen molar-refractivity contribution >= 4 is 21.4 Å². The Hall–Kier alpha value is -2.80. The first kappa shape index (κ1) is 29.7. The van der Waals surface area contributed by atoms with Crippen LogP contribution in [-0.2, 0) is 21.8 Å². The molecule has 2 aliphatic rings. The Morgan fingerprint density at radius 3 is 2.61 bits per heavy atom. The molecular formula is C28H28ClF4N3O4S. The van der Waals surface area contributed by atoms with Gasteiger partial charge in [-0.15, -0.1) is 0 Å². The van der Waals surface area contributed by atoms with E-state index in [0.29, 0.717) is 44.3 Å². The lowest BCUT2D eigenvalue weighted by Crippen LogP contribution is -2.48. The molecule has 3 aromatic rings. The number of β-amino-alcohol motifs (C(OH)–C–C–N with tert-alkyl or cyclic N) is 1. The molecule has 1 unspecified atom stereocenters. The maximum atomic E-state index is 15.2. The molecule has 7 nitrogen and oxygen atoms in total. The van der Waals surface area contributed by atoms with Gasteiger partial charge in [-0.1, -0.05) is 29.8 Å². The van der Waals surface area contributed by atoms with Gasteiger partial charge >= 0.3 is 6.18 Å². The molecule has 0 radical (unpaired) electrons. The van der Waals surface area contributed by atoms with Gasteiger partial charge in [-0.3, -0.25) is 4.90 Å². The molecule has 2 fully saturated rings. The number of hydrogen-bond acceptors (Lipinski definition) is 7. The number of nitrogens with zero attached hydrogens (tertiary/aromatic N) is 3. The summed E-state index contributed by atoms with van der Waals surface area (Å²) in [5.74, 6) is -1.77. The van der Waals surface area contributed by atoms with Crippen LogP contribution in [0.5, 0.6) is 5.75 Å². The molecular weight excluding hydrogens is 586 g/mol. The molecule has 4 atom stereocenters. The van der Waals surface area contributed by atoms with E-state index in [1.54, 1.807) is 6.07 Å². The molecule has 2 heterocycles. The number of halogens is 5. The molecule has 2 aromatic carbocycles. The van der Waals surface area contributed by atoms with Crippen LogP contribution in [0.15, 0.2) is 59.9 Å². The summed E-state index contributed by atoms with van der Waals surface area (Å²) in [6.45, 7) is 0.950. The highest BCUT2D eigenvalue weighted by molar-refractivity contribution is 7.90. The van der Waals surface area contributed by atoms with E-state index < -0.39 is 50.3 Å². The molecule has 220 valence electrons. The highest BCUT2D eigenvalue weighted by Crippen LogP contribution is 2.41. The maximum absolute atomic E-state index is 15.2. The second-order valence-corrected chi connectivity index (χ2v) is 12.8. The molecule has 1 aromatic heterocycles. The number of hydrogen-bond donors (Lipinski definition) is 1. The number of alkyl halides is 3. The number of aromatic nitrogens is 2. The molecule has 0 spiro atoms. The van der Waals surface area contributed by atoms with Crippen LogP contribution in [0.4, 0.5) is 17.6 Å². The number of aliphatic hydroxyl groups is 1. The van der Waals surface area contributed by atoms with Crippen molar-refractivity contribution in [2.75, 3.05) is 13.1 Å². The first-order chi connectivity index (χ1) is 19.4. The fourth-order valence-electron chi connectivity index (χ4n) is 5.66. The number of sulfone groups is 1. The summed E-state index contributed by atoms with van der Waals surface area (Å²) in [7, 11) is -4.12. The first-order valence-electron chi connectivity index (χ1n) is 13.1. The van der Waals surface area contributed by atoms with E-state index in [1.807, 2.05) is 4.90 Å². The molecule has 5 rings (SSSR count). The Balaban J connectivity index is 1.38. The van der Waals surface area contributed by atoms with Gasteiger partial charge in [0.05, 0.1) is 28.1 Å². The zero-order valence-electron chi connectivity index (χ0n) is 21.8. The number of likely N-dealkylation sites (tertiary alicyclic amines) is 1. The van der Waals surface area contributed by atoms with Crippen LogP contribution in [0.3, 0.4) is 0 Å². The molecule has 1 aliphatic heterocycles. The van der Waals surface area contributed by atoms with Gasteiger partial charge in [-0.25, -0.2) is 22.8 Å². The average Bonchev–Trinajstić information content (AvgIpc) is 3.36. The van der Waals surface area contributed by atoms with E-state index in [1.165, 1.54) is 30.7 Å². The van der Waals surface area contributed by atoms with Crippen molar-refractivity contribution in [2.24, 2.45) is 0 Å². The Bertz CT molecular complexity index is 1490. The zero-order chi connectivity index (χ0) is 29.4. The second-order valence-electron chi connectivity index (χ2n) is 10.5. The van der Waals surface area contributed by atoms with Gasteiger partial charge in [0.25, 0.3) is 0 Å². The topological polar surface area (TPSA) is 92.6 Å². The smallest absolute Gasteiger partial charge is 0.416 e. The van der Waals surface area contributed by atoms with Crippen molar-refractivity contribution in [3.8, 4) is 5.75 Å². The van der Waals surface area contributed by atoms with E-state index in [-0.39, 0.29) is 28.4 Å².